The van der Waals surface area contributed by atoms with E-state index in [1.807, 2.05) is 65.5 Å². The van der Waals surface area contributed by atoms with Crippen LogP contribution in [0.5, 0.6) is 5.75 Å². The molecule has 1 fully saturated rings. The first-order chi connectivity index (χ1) is 17.5. The maximum Gasteiger partial charge on any atom is 0.266 e. The number of hydrogen-bond donors (Lipinski definition) is 0. The number of rotatable bonds is 11. The van der Waals surface area contributed by atoms with Crippen LogP contribution in [0.15, 0.2) is 59.6 Å². The summed E-state index contributed by atoms with van der Waals surface area (Å²) >= 11 is 6.94. The summed E-state index contributed by atoms with van der Waals surface area (Å²) in [5.74, 6) is 0.839. The minimum Gasteiger partial charge on any atom is -0.494 e. The van der Waals surface area contributed by atoms with Crippen molar-refractivity contribution in [3.05, 3.63) is 70.8 Å². The van der Waals surface area contributed by atoms with E-state index >= 15 is 0 Å². The second-order valence-corrected chi connectivity index (χ2v) is 10.6. The Morgan fingerprint density at radius 1 is 1.06 bits per heavy atom. The lowest BCUT2D eigenvalue weighted by Gasteiger charge is -2.13. The first kappa shape index (κ1) is 26.2. The third kappa shape index (κ3) is 6.08. The average molecular weight is 520 g/mol. The number of nitrogens with zero attached hydrogens (tertiary/aromatic N) is 3. The molecule has 0 aliphatic carbocycles. The lowest BCUT2D eigenvalue weighted by molar-refractivity contribution is -0.122. The van der Waals surface area contributed by atoms with Gasteiger partial charge < -0.3 is 4.74 Å². The molecule has 2 heterocycles. The summed E-state index contributed by atoms with van der Waals surface area (Å²) in [5, 5.41) is 4.94. The predicted octanol–water partition coefficient (Wildman–Crippen LogP) is 7.42. The minimum absolute atomic E-state index is 0.0139. The lowest BCUT2D eigenvalue weighted by Crippen LogP contribution is -2.29. The summed E-state index contributed by atoms with van der Waals surface area (Å²) < 4.78 is 8.32. The molecule has 0 N–H and O–H groups in total. The van der Waals surface area contributed by atoms with E-state index in [0.717, 1.165) is 59.5 Å². The highest BCUT2D eigenvalue weighted by molar-refractivity contribution is 8.26. The molecule has 1 aromatic heterocycles. The van der Waals surface area contributed by atoms with Gasteiger partial charge in [-0.3, -0.25) is 9.69 Å². The second-order valence-electron chi connectivity index (χ2n) is 8.93. The Hall–Kier alpha value is -2.90. The van der Waals surface area contributed by atoms with Crippen LogP contribution in [-0.4, -0.2) is 38.1 Å². The van der Waals surface area contributed by atoms with E-state index in [1.54, 1.807) is 4.90 Å². The molecule has 2 aromatic carbocycles. The van der Waals surface area contributed by atoms with Crippen molar-refractivity contribution in [2.45, 2.75) is 52.9 Å². The zero-order valence-electron chi connectivity index (χ0n) is 21.2. The van der Waals surface area contributed by atoms with Gasteiger partial charge >= 0.3 is 0 Å². The highest BCUT2D eigenvalue weighted by atomic mass is 32.2. The summed E-state index contributed by atoms with van der Waals surface area (Å²) in [7, 11) is 0. The first-order valence-electron chi connectivity index (χ1n) is 12.7. The standard InChI is InChI=1S/C29H33N3O2S2/c1-4-6-7-11-16-31-28(33)26(36-29(31)35)19-22-20-32(23-12-9-8-10-13-23)30-27(22)25-15-14-24(18-21(25)3)34-17-5-2/h8-10,12-15,18-20H,4-7,11,16-17H2,1-3H3/b26-19-. The number of carbonyl (C=O) groups is 1. The Balaban J connectivity index is 1.69. The maximum atomic E-state index is 13.2. The molecule has 1 amide bonds. The number of thiocarbonyl (C=S) groups is 1. The van der Waals surface area contributed by atoms with Crippen molar-refractivity contribution >= 4 is 40.3 Å². The van der Waals surface area contributed by atoms with Gasteiger partial charge in [0.05, 0.1) is 17.2 Å². The zero-order chi connectivity index (χ0) is 25.5. The summed E-state index contributed by atoms with van der Waals surface area (Å²) in [4.78, 5) is 15.6. The number of aryl methyl sites for hydroxylation is 1. The highest BCUT2D eigenvalue weighted by Gasteiger charge is 2.32. The molecule has 1 aliphatic rings. The summed E-state index contributed by atoms with van der Waals surface area (Å²) in [6, 6.07) is 16.1. The van der Waals surface area contributed by atoms with Gasteiger partial charge in [-0.05, 0) is 61.7 Å². The number of ether oxygens (including phenoxy) is 1. The molecule has 0 saturated carbocycles. The third-order valence-electron chi connectivity index (χ3n) is 6.08. The molecule has 0 atom stereocenters. The van der Waals surface area contributed by atoms with Crippen LogP contribution in [0, 0.1) is 6.92 Å². The minimum atomic E-state index is -0.0139. The second kappa shape index (κ2) is 12.4. The Bertz CT molecular complexity index is 1250. The van der Waals surface area contributed by atoms with Crippen molar-refractivity contribution in [1.29, 1.82) is 0 Å². The predicted molar refractivity (Wildman–Crippen MR) is 154 cm³/mol. The molecular weight excluding hydrogens is 486 g/mol. The molecule has 1 aliphatic heterocycles. The van der Waals surface area contributed by atoms with Gasteiger partial charge in [-0.1, -0.05) is 75.3 Å². The molecular formula is C29H33N3O2S2. The number of benzene rings is 2. The van der Waals surface area contributed by atoms with E-state index in [4.69, 9.17) is 22.1 Å². The van der Waals surface area contributed by atoms with Crippen LogP contribution in [0.25, 0.3) is 23.0 Å². The van der Waals surface area contributed by atoms with E-state index in [9.17, 15) is 4.79 Å². The molecule has 0 spiro atoms. The van der Waals surface area contributed by atoms with Gasteiger partial charge in [-0.2, -0.15) is 5.10 Å². The van der Waals surface area contributed by atoms with Crippen molar-refractivity contribution in [3.63, 3.8) is 0 Å². The van der Waals surface area contributed by atoms with Gasteiger partial charge in [-0.25, -0.2) is 4.68 Å². The van der Waals surface area contributed by atoms with E-state index in [-0.39, 0.29) is 5.91 Å². The Morgan fingerprint density at radius 3 is 2.58 bits per heavy atom. The quantitative estimate of drug-likeness (QED) is 0.150. The van der Waals surface area contributed by atoms with Crippen molar-refractivity contribution < 1.29 is 9.53 Å². The summed E-state index contributed by atoms with van der Waals surface area (Å²) in [5.41, 5.74) is 4.75. The summed E-state index contributed by atoms with van der Waals surface area (Å²) in [6.07, 6.45) is 9.30. The van der Waals surface area contributed by atoms with E-state index in [0.29, 0.717) is 22.4 Å². The molecule has 5 nitrogen and oxygen atoms in total. The fourth-order valence-corrected chi connectivity index (χ4v) is 5.46. The number of para-hydroxylation sites is 1. The molecule has 1 saturated heterocycles. The van der Waals surface area contributed by atoms with Gasteiger partial charge in [0, 0.05) is 23.9 Å². The summed E-state index contributed by atoms with van der Waals surface area (Å²) in [6.45, 7) is 7.71. The molecule has 0 unspecified atom stereocenters. The van der Waals surface area contributed by atoms with Gasteiger partial charge in [-0.15, -0.1) is 0 Å². The highest BCUT2D eigenvalue weighted by Crippen LogP contribution is 2.36. The monoisotopic (exact) mass is 519 g/mol. The first-order valence-corrected chi connectivity index (χ1v) is 13.9. The van der Waals surface area contributed by atoms with Crippen LogP contribution >= 0.6 is 24.0 Å². The SMILES string of the molecule is CCCCCCN1C(=O)/C(=C/c2cn(-c3ccccc3)nc2-c2ccc(OCCC)cc2C)SC1=S. The topological polar surface area (TPSA) is 47.4 Å². The van der Waals surface area contributed by atoms with Crippen molar-refractivity contribution in [2.75, 3.05) is 13.2 Å². The van der Waals surface area contributed by atoms with Crippen LogP contribution < -0.4 is 4.74 Å². The Kier molecular flexibility index (Phi) is 8.99. The number of unbranched alkanes of at least 4 members (excludes halogenated alkanes) is 3. The van der Waals surface area contributed by atoms with Gasteiger partial charge in [0.2, 0.25) is 0 Å². The van der Waals surface area contributed by atoms with Crippen LogP contribution in [0.4, 0.5) is 0 Å². The van der Waals surface area contributed by atoms with Crippen LogP contribution in [0.3, 0.4) is 0 Å². The number of hydrogen-bond acceptors (Lipinski definition) is 5. The van der Waals surface area contributed by atoms with Gasteiger partial charge in [0.25, 0.3) is 5.91 Å². The zero-order valence-corrected chi connectivity index (χ0v) is 22.8. The van der Waals surface area contributed by atoms with Gasteiger partial charge in [0.1, 0.15) is 15.8 Å². The lowest BCUT2D eigenvalue weighted by atomic mass is 10.0. The normalized spacial score (nSPS) is 14.8. The molecule has 3 aromatic rings. The molecule has 4 rings (SSSR count). The van der Waals surface area contributed by atoms with E-state index < -0.39 is 0 Å². The average Bonchev–Trinajstić information content (AvgIpc) is 3.41. The molecule has 0 bridgehead atoms. The van der Waals surface area contributed by atoms with E-state index in [1.165, 1.54) is 18.2 Å². The number of thioether (sulfide) groups is 1. The molecule has 188 valence electrons. The fourth-order valence-electron chi connectivity index (χ4n) is 4.16. The number of aromatic nitrogens is 2. The Morgan fingerprint density at radius 2 is 1.86 bits per heavy atom. The van der Waals surface area contributed by atoms with E-state index in [2.05, 4.69) is 20.8 Å². The number of amides is 1. The van der Waals surface area contributed by atoms with Crippen LogP contribution in [-0.2, 0) is 4.79 Å². The molecule has 7 heteroatoms. The van der Waals surface area contributed by atoms with Crippen molar-refractivity contribution in [2.24, 2.45) is 0 Å². The number of carbonyl (C=O) groups excluding carboxylic acids is 1. The molecule has 36 heavy (non-hydrogen) atoms. The van der Waals surface area contributed by atoms with Crippen LogP contribution in [0.1, 0.15) is 57.1 Å². The largest absolute Gasteiger partial charge is 0.494 e. The van der Waals surface area contributed by atoms with Crippen molar-refractivity contribution in [1.82, 2.24) is 14.7 Å². The maximum absolute atomic E-state index is 13.2. The van der Waals surface area contributed by atoms with Crippen LogP contribution in [0.2, 0.25) is 0 Å². The fraction of sp³-hybridized carbons (Fsp3) is 0.345. The smallest absolute Gasteiger partial charge is 0.266 e. The molecule has 0 radical (unpaired) electrons. The van der Waals surface area contributed by atoms with Crippen molar-refractivity contribution in [3.8, 4) is 22.7 Å². The van der Waals surface area contributed by atoms with Gasteiger partial charge in [0.15, 0.2) is 0 Å². The third-order valence-corrected chi connectivity index (χ3v) is 7.46. The Labute approximate surface area is 223 Å².